The number of sulfonamides is 1. The lowest BCUT2D eigenvalue weighted by Gasteiger charge is -2.25. The Morgan fingerprint density at radius 3 is 2.24 bits per heavy atom. The van der Waals surface area contributed by atoms with Crippen LogP contribution < -0.4 is 15.4 Å². The normalized spacial score (nSPS) is 12.9. The zero-order chi connectivity index (χ0) is 30.1. The molecule has 0 saturated heterocycles. The number of hydrogen-bond donors (Lipinski definition) is 4. The summed E-state index contributed by atoms with van der Waals surface area (Å²) in [4.78, 5) is 13.3. The molecule has 0 aliphatic rings. The monoisotopic (exact) mass is 593 g/mol. The lowest BCUT2D eigenvalue weighted by Crippen LogP contribution is -2.48. The Morgan fingerprint density at radius 1 is 0.833 bits per heavy atom. The maximum absolute atomic E-state index is 13.9. The molecule has 42 heavy (non-hydrogen) atoms. The molecular weight excluding hydrogens is 560 g/mol. The van der Waals surface area contributed by atoms with Gasteiger partial charge in [-0.3, -0.25) is 9.52 Å². The summed E-state index contributed by atoms with van der Waals surface area (Å²) in [6.07, 6.45) is -0.270. The van der Waals surface area contributed by atoms with Gasteiger partial charge in [-0.05, 0) is 72.0 Å². The van der Waals surface area contributed by atoms with Crippen LogP contribution in [0, 0.1) is 11.6 Å². The first-order valence-corrected chi connectivity index (χ1v) is 15.0. The zero-order valence-electron chi connectivity index (χ0n) is 23.1. The Hall–Kier alpha value is -4.12. The van der Waals surface area contributed by atoms with E-state index in [1.165, 1.54) is 42.0 Å². The molecule has 0 aliphatic heterocycles. The minimum atomic E-state index is -3.88. The molecule has 0 fully saturated rings. The van der Waals surface area contributed by atoms with Gasteiger partial charge in [-0.2, -0.15) is 0 Å². The highest BCUT2D eigenvalue weighted by atomic mass is 32.2. The maximum Gasteiger partial charge on any atom is 0.261 e. The van der Waals surface area contributed by atoms with Crippen LogP contribution in [0.2, 0.25) is 0 Å². The summed E-state index contributed by atoms with van der Waals surface area (Å²) in [6, 6.07) is 23.9. The van der Waals surface area contributed by atoms with Gasteiger partial charge in [0, 0.05) is 30.4 Å². The predicted molar refractivity (Wildman–Crippen MR) is 159 cm³/mol. The third-order valence-electron chi connectivity index (χ3n) is 6.67. The van der Waals surface area contributed by atoms with Gasteiger partial charge < -0.3 is 15.7 Å². The largest absolute Gasteiger partial charge is 0.390 e. The van der Waals surface area contributed by atoms with Crippen molar-refractivity contribution in [2.24, 2.45) is 0 Å². The van der Waals surface area contributed by atoms with Gasteiger partial charge in [0.2, 0.25) is 0 Å². The molecule has 0 bridgehead atoms. The summed E-state index contributed by atoms with van der Waals surface area (Å²) >= 11 is 0. The first kappa shape index (κ1) is 30.8. The summed E-state index contributed by atoms with van der Waals surface area (Å²) in [7, 11) is -3.88. The molecular formula is C32H33F2N3O4S. The van der Waals surface area contributed by atoms with E-state index in [-0.39, 0.29) is 34.7 Å². The van der Waals surface area contributed by atoms with E-state index in [0.717, 1.165) is 30.2 Å². The van der Waals surface area contributed by atoms with Crippen molar-refractivity contribution in [3.05, 3.63) is 131 Å². The fraction of sp³-hybridized carbons (Fsp3) is 0.219. The lowest BCUT2D eigenvalue weighted by molar-refractivity contribution is 0.0830. The summed E-state index contributed by atoms with van der Waals surface area (Å²) in [5, 5.41) is 17.0. The molecule has 10 heteroatoms. The second-order valence-corrected chi connectivity index (χ2v) is 11.6. The summed E-state index contributed by atoms with van der Waals surface area (Å²) in [5.74, 6) is -2.12. The van der Waals surface area contributed by atoms with E-state index in [1.807, 2.05) is 18.2 Å². The molecule has 1 amide bonds. The van der Waals surface area contributed by atoms with Gasteiger partial charge in [0.1, 0.15) is 11.6 Å². The Kier molecular flexibility index (Phi) is 10.4. The van der Waals surface area contributed by atoms with Crippen molar-refractivity contribution in [3.8, 4) is 0 Å². The van der Waals surface area contributed by atoms with Gasteiger partial charge >= 0.3 is 0 Å². The predicted octanol–water partition coefficient (Wildman–Crippen LogP) is 4.82. The molecule has 4 rings (SSSR count). The molecule has 4 aromatic carbocycles. The average Bonchev–Trinajstić information content (AvgIpc) is 2.96. The van der Waals surface area contributed by atoms with E-state index in [1.54, 1.807) is 18.2 Å². The highest BCUT2D eigenvalue weighted by Gasteiger charge is 2.23. The summed E-state index contributed by atoms with van der Waals surface area (Å²) in [5.41, 5.74) is 2.78. The number of carbonyl (C=O) groups excluding carboxylic acids is 1. The van der Waals surface area contributed by atoms with Crippen LogP contribution in [0.25, 0.3) is 0 Å². The van der Waals surface area contributed by atoms with Crippen molar-refractivity contribution in [1.29, 1.82) is 0 Å². The highest BCUT2D eigenvalue weighted by Crippen LogP contribution is 2.18. The summed E-state index contributed by atoms with van der Waals surface area (Å²) < 4.78 is 55.7. The number of carbonyl (C=O) groups is 1. The minimum absolute atomic E-state index is 0.0467. The van der Waals surface area contributed by atoms with Crippen LogP contribution in [0.15, 0.2) is 102 Å². The number of aryl methyl sites for hydroxylation is 1. The van der Waals surface area contributed by atoms with Gasteiger partial charge in [0.15, 0.2) is 0 Å². The molecule has 0 spiro atoms. The number of anilines is 1. The summed E-state index contributed by atoms with van der Waals surface area (Å²) in [6.45, 7) is 2.63. The second-order valence-electron chi connectivity index (χ2n) is 9.93. The van der Waals surface area contributed by atoms with Crippen molar-refractivity contribution in [2.75, 3.05) is 11.3 Å². The molecule has 4 N–H and O–H groups in total. The Labute approximate surface area is 244 Å². The Balaban J connectivity index is 1.48. The van der Waals surface area contributed by atoms with E-state index in [2.05, 4.69) is 28.3 Å². The number of aliphatic hydroxyl groups is 1. The van der Waals surface area contributed by atoms with Crippen LogP contribution in [0.4, 0.5) is 14.5 Å². The number of hydrogen-bond acceptors (Lipinski definition) is 5. The molecule has 0 aromatic heterocycles. The first-order valence-electron chi connectivity index (χ1n) is 13.5. The lowest BCUT2D eigenvalue weighted by atomic mass is 10.00. The molecule has 0 radical (unpaired) electrons. The van der Waals surface area contributed by atoms with Gasteiger partial charge in [0.25, 0.3) is 15.9 Å². The second kappa shape index (κ2) is 14.2. The van der Waals surface area contributed by atoms with Gasteiger partial charge in [-0.15, -0.1) is 0 Å². The van der Waals surface area contributed by atoms with Crippen molar-refractivity contribution < 1.29 is 27.1 Å². The molecule has 4 aromatic rings. The first-order chi connectivity index (χ1) is 20.1. The number of benzene rings is 4. The van der Waals surface area contributed by atoms with Gasteiger partial charge in [0.05, 0.1) is 17.0 Å². The molecule has 0 unspecified atom stereocenters. The molecule has 0 heterocycles. The standard InChI is InChI=1S/C32H33F2N3O4S/c1-2-22-8-6-9-23(14-22)20-35-21-31(38)30(17-24-15-26(33)19-27(34)16-24)36-32(39)25-10-7-11-28(18-25)37-42(40,41)29-12-4-3-5-13-29/h3-16,18-19,30-31,35,37-38H,2,17,20-21H2,1H3,(H,36,39)/t30-,31-/m0/s1. The van der Waals surface area contributed by atoms with Crippen LogP contribution in [0.5, 0.6) is 0 Å². The van der Waals surface area contributed by atoms with E-state index >= 15 is 0 Å². The molecule has 2 atom stereocenters. The minimum Gasteiger partial charge on any atom is -0.390 e. The van der Waals surface area contributed by atoms with Crippen LogP contribution in [-0.4, -0.2) is 38.1 Å². The Bertz CT molecular complexity index is 1600. The number of aliphatic hydroxyl groups excluding tert-OH is 1. The quantitative estimate of drug-likeness (QED) is 0.178. The van der Waals surface area contributed by atoms with Crippen molar-refractivity contribution in [3.63, 3.8) is 0 Å². The fourth-order valence-corrected chi connectivity index (χ4v) is 5.59. The van der Waals surface area contributed by atoms with Crippen molar-refractivity contribution in [2.45, 2.75) is 43.4 Å². The number of nitrogens with one attached hydrogen (secondary N) is 3. The maximum atomic E-state index is 13.9. The van der Waals surface area contributed by atoms with E-state index < -0.39 is 39.7 Å². The fourth-order valence-electron chi connectivity index (χ4n) is 4.52. The van der Waals surface area contributed by atoms with Crippen LogP contribution in [0.1, 0.15) is 34.0 Å². The Morgan fingerprint density at radius 2 is 1.52 bits per heavy atom. The topological polar surface area (TPSA) is 108 Å². The molecule has 7 nitrogen and oxygen atoms in total. The van der Waals surface area contributed by atoms with Crippen molar-refractivity contribution >= 4 is 21.6 Å². The van der Waals surface area contributed by atoms with Crippen molar-refractivity contribution in [1.82, 2.24) is 10.6 Å². The highest BCUT2D eigenvalue weighted by molar-refractivity contribution is 7.92. The molecule has 0 aliphatic carbocycles. The molecule has 0 saturated carbocycles. The van der Waals surface area contributed by atoms with Crippen LogP contribution in [-0.2, 0) is 29.4 Å². The van der Waals surface area contributed by atoms with Crippen LogP contribution in [0.3, 0.4) is 0 Å². The zero-order valence-corrected chi connectivity index (χ0v) is 23.9. The number of rotatable bonds is 13. The molecule has 220 valence electrons. The van der Waals surface area contributed by atoms with E-state index in [0.29, 0.717) is 6.54 Å². The third kappa shape index (κ3) is 8.69. The van der Waals surface area contributed by atoms with Gasteiger partial charge in [-0.1, -0.05) is 55.5 Å². The average molecular weight is 594 g/mol. The van der Waals surface area contributed by atoms with Crippen LogP contribution >= 0.6 is 0 Å². The SMILES string of the molecule is CCc1cccc(CNC[C@H](O)[C@H](Cc2cc(F)cc(F)c2)NC(=O)c2cccc(NS(=O)(=O)c3ccccc3)c2)c1. The third-order valence-corrected chi connectivity index (χ3v) is 8.07. The van der Waals surface area contributed by atoms with E-state index in [4.69, 9.17) is 0 Å². The smallest absolute Gasteiger partial charge is 0.261 e. The number of halogens is 2. The van der Waals surface area contributed by atoms with E-state index in [9.17, 15) is 27.1 Å². The van der Waals surface area contributed by atoms with Gasteiger partial charge in [-0.25, -0.2) is 17.2 Å². The number of amides is 1.